The van der Waals surface area contributed by atoms with Crippen molar-refractivity contribution in [2.24, 2.45) is 4.99 Å². The minimum absolute atomic E-state index is 0. The number of methoxy groups -OCH3 is 1. The van der Waals surface area contributed by atoms with Crippen LogP contribution in [0.5, 0.6) is 5.88 Å². The first-order chi connectivity index (χ1) is 10.8. The molecule has 0 aliphatic rings. The minimum atomic E-state index is -4.38. The van der Waals surface area contributed by atoms with E-state index >= 15 is 0 Å². The molecular weight excluding hydrogens is 440 g/mol. The van der Waals surface area contributed by atoms with Gasteiger partial charge in [0.15, 0.2) is 12.6 Å². The van der Waals surface area contributed by atoms with Gasteiger partial charge in [-0.3, -0.25) is 4.99 Å². The Bertz CT molecular complexity index is 498. The fourth-order valence-electron chi connectivity index (χ4n) is 1.66. The zero-order valence-corrected chi connectivity index (χ0v) is 16.0. The van der Waals surface area contributed by atoms with E-state index in [2.05, 4.69) is 25.3 Å². The first kappa shape index (κ1) is 22.7. The molecule has 0 bridgehead atoms. The topological polar surface area (TPSA) is 67.8 Å². The van der Waals surface area contributed by atoms with E-state index in [1.807, 2.05) is 6.92 Å². The van der Waals surface area contributed by atoms with E-state index in [-0.39, 0.29) is 35.9 Å². The Labute approximate surface area is 156 Å². The van der Waals surface area contributed by atoms with Crippen molar-refractivity contribution in [2.45, 2.75) is 25.7 Å². The Morgan fingerprint density at radius 1 is 1.38 bits per heavy atom. The first-order valence-electron chi connectivity index (χ1n) is 6.94. The van der Waals surface area contributed by atoms with E-state index in [1.165, 1.54) is 12.3 Å². The second-order valence-electron chi connectivity index (χ2n) is 4.84. The van der Waals surface area contributed by atoms with Crippen molar-refractivity contribution in [1.82, 2.24) is 15.6 Å². The van der Waals surface area contributed by atoms with Crippen LogP contribution in [0.1, 0.15) is 12.5 Å². The molecule has 1 heterocycles. The summed E-state index contributed by atoms with van der Waals surface area (Å²) in [5, 5.41) is 6.20. The average molecular weight is 462 g/mol. The molecule has 0 radical (unpaired) electrons. The number of hydrogen-bond acceptors (Lipinski definition) is 4. The molecule has 1 atom stereocenters. The van der Waals surface area contributed by atoms with Crippen LogP contribution in [0.25, 0.3) is 0 Å². The maximum atomic E-state index is 12.0. The lowest BCUT2D eigenvalue weighted by Gasteiger charge is -2.17. The molecule has 0 saturated carbocycles. The molecule has 2 N–H and O–H groups in total. The zero-order chi connectivity index (χ0) is 17.3. The number of aromatic nitrogens is 1. The third-order valence-electron chi connectivity index (χ3n) is 2.66. The summed E-state index contributed by atoms with van der Waals surface area (Å²) in [6.45, 7) is 1.55. The SMILES string of the molecule is CN=C(NCc1ccc(OCC(F)(F)F)nc1)NC(C)COC.I. The summed E-state index contributed by atoms with van der Waals surface area (Å²) in [6, 6.07) is 3.12. The molecule has 24 heavy (non-hydrogen) atoms. The van der Waals surface area contributed by atoms with Crippen molar-refractivity contribution < 1.29 is 22.6 Å². The number of ether oxygens (including phenoxy) is 2. The molecule has 10 heteroatoms. The number of nitrogens with zero attached hydrogens (tertiary/aromatic N) is 2. The van der Waals surface area contributed by atoms with Crippen molar-refractivity contribution in [3.63, 3.8) is 0 Å². The van der Waals surface area contributed by atoms with Crippen LogP contribution in [-0.2, 0) is 11.3 Å². The Morgan fingerprint density at radius 3 is 2.58 bits per heavy atom. The second-order valence-corrected chi connectivity index (χ2v) is 4.84. The van der Waals surface area contributed by atoms with Crippen LogP contribution in [0.3, 0.4) is 0 Å². The molecule has 0 fully saturated rings. The van der Waals surface area contributed by atoms with Crippen LogP contribution in [0.4, 0.5) is 13.2 Å². The molecule has 0 amide bonds. The molecule has 0 saturated heterocycles. The molecule has 138 valence electrons. The maximum Gasteiger partial charge on any atom is 0.422 e. The quantitative estimate of drug-likeness (QED) is 0.370. The smallest absolute Gasteiger partial charge is 0.422 e. The van der Waals surface area contributed by atoms with Gasteiger partial charge in [0.05, 0.1) is 6.61 Å². The summed E-state index contributed by atoms with van der Waals surface area (Å²) in [5.74, 6) is 0.522. The molecule has 1 aromatic heterocycles. The van der Waals surface area contributed by atoms with Gasteiger partial charge in [0.2, 0.25) is 5.88 Å². The molecule has 0 spiro atoms. The molecule has 6 nitrogen and oxygen atoms in total. The van der Waals surface area contributed by atoms with Gasteiger partial charge < -0.3 is 20.1 Å². The average Bonchev–Trinajstić information content (AvgIpc) is 2.50. The second kappa shape index (κ2) is 11.3. The Kier molecular flexibility index (Phi) is 10.7. The molecular formula is C14H22F3IN4O2. The molecule has 0 aromatic carbocycles. The predicted molar refractivity (Wildman–Crippen MR) is 95.9 cm³/mol. The summed E-state index contributed by atoms with van der Waals surface area (Å²) >= 11 is 0. The van der Waals surface area contributed by atoms with Gasteiger partial charge in [-0.2, -0.15) is 13.2 Å². The van der Waals surface area contributed by atoms with Gasteiger partial charge >= 0.3 is 6.18 Å². The van der Waals surface area contributed by atoms with E-state index in [0.29, 0.717) is 19.1 Å². The number of hydrogen-bond donors (Lipinski definition) is 2. The van der Waals surface area contributed by atoms with Crippen molar-refractivity contribution in [2.75, 3.05) is 27.4 Å². The van der Waals surface area contributed by atoms with Crippen molar-refractivity contribution in [3.05, 3.63) is 23.9 Å². The molecule has 0 aliphatic carbocycles. The van der Waals surface area contributed by atoms with Crippen LogP contribution in [0.15, 0.2) is 23.3 Å². The highest BCUT2D eigenvalue weighted by atomic mass is 127. The van der Waals surface area contributed by atoms with Crippen LogP contribution >= 0.6 is 24.0 Å². The third kappa shape index (κ3) is 9.75. The van der Waals surface area contributed by atoms with E-state index in [9.17, 15) is 13.2 Å². The Balaban J connectivity index is 0.00000529. The number of nitrogens with one attached hydrogen (secondary N) is 2. The van der Waals surface area contributed by atoms with Crippen LogP contribution in [-0.4, -0.2) is 50.5 Å². The number of halogens is 4. The Hall–Kier alpha value is -1.30. The van der Waals surface area contributed by atoms with Crippen molar-refractivity contribution in [1.29, 1.82) is 0 Å². The fraction of sp³-hybridized carbons (Fsp3) is 0.571. The number of aliphatic imine (C=N–C) groups is 1. The Morgan fingerprint density at radius 2 is 2.08 bits per heavy atom. The lowest BCUT2D eigenvalue weighted by Crippen LogP contribution is -2.43. The number of pyridine rings is 1. The molecule has 1 unspecified atom stereocenters. The van der Waals surface area contributed by atoms with Gasteiger partial charge in [0.25, 0.3) is 0 Å². The van der Waals surface area contributed by atoms with Gasteiger partial charge in [0, 0.05) is 39.0 Å². The molecule has 1 rings (SSSR count). The molecule has 1 aromatic rings. The van der Waals surface area contributed by atoms with Crippen LogP contribution < -0.4 is 15.4 Å². The van der Waals surface area contributed by atoms with Gasteiger partial charge in [-0.25, -0.2) is 4.98 Å². The summed E-state index contributed by atoms with van der Waals surface area (Å²) in [5.41, 5.74) is 0.784. The zero-order valence-electron chi connectivity index (χ0n) is 13.7. The van der Waals surface area contributed by atoms with Gasteiger partial charge in [-0.05, 0) is 12.5 Å². The number of rotatable bonds is 7. The minimum Gasteiger partial charge on any atom is -0.468 e. The van der Waals surface area contributed by atoms with Crippen molar-refractivity contribution in [3.8, 4) is 5.88 Å². The van der Waals surface area contributed by atoms with Crippen LogP contribution in [0.2, 0.25) is 0 Å². The van der Waals surface area contributed by atoms with Gasteiger partial charge in [-0.15, -0.1) is 24.0 Å². The van der Waals surface area contributed by atoms with Crippen molar-refractivity contribution >= 4 is 29.9 Å². The molecule has 0 aliphatic heterocycles. The number of alkyl halides is 3. The largest absolute Gasteiger partial charge is 0.468 e. The summed E-state index contributed by atoms with van der Waals surface area (Å²) in [7, 11) is 3.25. The monoisotopic (exact) mass is 462 g/mol. The fourth-order valence-corrected chi connectivity index (χ4v) is 1.66. The van der Waals surface area contributed by atoms with E-state index < -0.39 is 12.8 Å². The normalized spacial score (nSPS) is 13.0. The van der Waals surface area contributed by atoms with Gasteiger partial charge in [0.1, 0.15) is 0 Å². The number of guanidine groups is 1. The summed E-state index contributed by atoms with van der Waals surface area (Å²) in [6.07, 6.45) is -2.93. The van der Waals surface area contributed by atoms with E-state index in [1.54, 1.807) is 20.2 Å². The highest BCUT2D eigenvalue weighted by molar-refractivity contribution is 14.0. The predicted octanol–water partition coefficient (Wildman–Crippen LogP) is 2.34. The highest BCUT2D eigenvalue weighted by Gasteiger charge is 2.28. The lowest BCUT2D eigenvalue weighted by molar-refractivity contribution is -0.154. The summed E-state index contributed by atoms with van der Waals surface area (Å²) < 4.78 is 45.7. The third-order valence-corrected chi connectivity index (χ3v) is 2.66. The van der Waals surface area contributed by atoms with E-state index in [4.69, 9.17) is 4.74 Å². The van der Waals surface area contributed by atoms with Gasteiger partial charge in [-0.1, -0.05) is 6.07 Å². The standard InChI is InChI=1S/C14H21F3N4O2.HI/c1-10(8-22-3)21-13(18-2)20-7-11-4-5-12(19-6-11)23-9-14(15,16)17;/h4-6,10H,7-9H2,1-3H3,(H2,18,20,21);1H. The summed E-state index contributed by atoms with van der Waals surface area (Å²) in [4.78, 5) is 7.90. The highest BCUT2D eigenvalue weighted by Crippen LogP contribution is 2.16. The maximum absolute atomic E-state index is 12.0. The van der Waals surface area contributed by atoms with Crippen LogP contribution in [0, 0.1) is 0 Å². The lowest BCUT2D eigenvalue weighted by atomic mass is 10.3. The first-order valence-corrected chi connectivity index (χ1v) is 6.94. The van der Waals surface area contributed by atoms with E-state index in [0.717, 1.165) is 5.56 Å².